The molecule has 0 aliphatic heterocycles. The third-order valence-corrected chi connectivity index (χ3v) is 5.99. The Morgan fingerprint density at radius 2 is 1.92 bits per heavy atom. The van der Waals surface area contributed by atoms with Gasteiger partial charge in [-0.1, -0.05) is 41.5 Å². The van der Waals surface area contributed by atoms with Crippen molar-refractivity contribution in [2.75, 3.05) is 14.1 Å². The van der Waals surface area contributed by atoms with Crippen molar-refractivity contribution >= 4 is 5.91 Å². The molecule has 0 aromatic heterocycles. The minimum atomic E-state index is -0.215. The summed E-state index contributed by atoms with van der Waals surface area (Å²) < 4.78 is 0. The molecule has 0 spiro atoms. The van der Waals surface area contributed by atoms with Crippen LogP contribution >= 0.6 is 0 Å². The van der Waals surface area contributed by atoms with E-state index < -0.39 is 0 Å². The van der Waals surface area contributed by atoms with Crippen LogP contribution in [0.25, 0.3) is 0 Å². The maximum Gasteiger partial charge on any atom is 0.222 e. The molecule has 0 radical (unpaired) electrons. The number of nitrogens with zero attached hydrogens (tertiary/aromatic N) is 1. The quantitative estimate of drug-likeness (QED) is 0.626. The van der Waals surface area contributed by atoms with E-state index in [1.807, 2.05) is 14.1 Å². The summed E-state index contributed by atoms with van der Waals surface area (Å²) in [5.74, 6) is 1.57. The van der Waals surface area contributed by atoms with Gasteiger partial charge >= 0.3 is 0 Å². The molecule has 0 bridgehead atoms. The predicted octanol–water partition coefficient (Wildman–Crippen LogP) is 4.05. The average molecular weight is 341 g/mol. The number of aliphatic hydroxyl groups excluding tert-OH is 1. The van der Waals surface area contributed by atoms with E-state index in [4.69, 9.17) is 0 Å². The summed E-state index contributed by atoms with van der Waals surface area (Å²) in [5, 5.41) is 10.6. The summed E-state index contributed by atoms with van der Waals surface area (Å²) in [5.41, 5.74) is 4.10. The Labute approximate surface area is 151 Å². The van der Waals surface area contributed by atoms with Crippen molar-refractivity contribution in [3.05, 3.63) is 47.0 Å². The lowest BCUT2D eigenvalue weighted by molar-refractivity contribution is -0.128. The Morgan fingerprint density at radius 1 is 1.20 bits per heavy atom. The first-order valence-corrected chi connectivity index (χ1v) is 9.60. The van der Waals surface area contributed by atoms with Gasteiger partial charge in [0, 0.05) is 26.4 Å². The van der Waals surface area contributed by atoms with Crippen molar-refractivity contribution in [3.8, 4) is 0 Å². The zero-order valence-corrected chi connectivity index (χ0v) is 15.7. The standard InChI is InChI=1S/C22H31NO2/c1-15-8-10-17(11-9-15)22-19-13-16(12-18(19)14-20(22)24)6-4-5-7-21(25)23(2)3/h8-12,18-20,22,24H,4-7,13-14H2,1-3H3/t18-,19-,20+,22-/m0/s1. The number of carbonyl (C=O) groups is 1. The topological polar surface area (TPSA) is 40.5 Å². The van der Waals surface area contributed by atoms with Gasteiger partial charge in [0.05, 0.1) is 6.10 Å². The van der Waals surface area contributed by atoms with Gasteiger partial charge in [0.15, 0.2) is 0 Å². The van der Waals surface area contributed by atoms with Crippen LogP contribution in [0.4, 0.5) is 0 Å². The molecule has 1 amide bonds. The monoisotopic (exact) mass is 341 g/mol. The Bertz CT molecular complexity index is 632. The Kier molecular flexibility index (Phi) is 5.63. The van der Waals surface area contributed by atoms with E-state index in [0.29, 0.717) is 18.3 Å². The molecule has 1 saturated carbocycles. The largest absolute Gasteiger partial charge is 0.392 e. The summed E-state index contributed by atoms with van der Waals surface area (Å²) in [7, 11) is 3.64. The van der Waals surface area contributed by atoms with Crippen molar-refractivity contribution in [3.63, 3.8) is 0 Å². The lowest BCUT2D eigenvalue weighted by Crippen LogP contribution is -2.21. The molecule has 1 fully saturated rings. The molecule has 25 heavy (non-hydrogen) atoms. The van der Waals surface area contributed by atoms with Gasteiger partial charge < -0.3 is 10.0 Å². The van der Waals surface area contributed by atoms with E-state index in [2.05, 4.69) is 37.3 Å². The van der Waals surface area contributed by atoms with E-state index >= 15 is 0 Å². The number of unbranched alkanes of at least 4 members (excludes halogenated alkanes) is 1. The SMILES string of the molecule is Cc1ccc([C@H]2[C@H]3CC(CCCCC(=O)N(C)C)=C[C@H]3C[C@H]2O)cc1. The van der Waals surface area contributed by atoms with Crippen LogP contribution in [0, 0.1) is 18.8 Å². The van der Waals surface area contributed by atoms with Crippen molar-refractivity contribution < 1.29 is 9.90 Å². The van der Waals surface area contributed by atoms with Gasteiger partial charge in [0.1, 0.15) is 0 Å². The second kappa shape index (κ2) is 7.74. The second-order valence-corrected chi connectivity index (χ2v) is 8.09. The van der Waals surface area contributed by atoms with Crippen LogP contribution in [0.15, 0.2) is 35.9 Å². The molecule has 0 saturated heterocycles. The molecule has 1 aromatic carbocycles. The highest BCUT2D eigenvalue weighted by Crippen LogP contribution is 2.51. The fraction of sp³-hybridized carbons (Fsp3) is 0.591. The number of rotatable bonds is 6. The van der Waals surface area contributed by atoms with Crippen LogP contribution in [0.3, 0.4) is 0 Å². The highest BCUT2D eigenvalue weighted by molar-refractivity contribution is 5.75. The van der Waals surface area contributed by atoms with E-state index in [1.54, 1.807) is 4.90 Å². The molecule has 136 valence electrons. The molecular weight excluding hydrogens is 310 g/mol. The van der Waals surface area contributed by atoms with Crippen LogP contribution < -0.4 is 0 Å². The number of amides is 1. The van der Waals surface area contributed by atoms with Crippen molar-refractivity contribution in [1.82, 2.24) is 4.90 Å². The van der Waals surface area contributed by atoms with Gasteiger partial charge in [-0.05, 0) is 56.4 Å². The van der Waals surface area contributed by atoms with Gasteiger partial charge in [-0.25, -0.2) is 0 Å². The first kappa shape index (κ1) is 18.2. The zero-order valence-electron chi connectivity index (χ0n) is 15.7. The molecule has 3 rings (SSSR count). The van der Waals surface area contributed by atoms with E-state index in [9.17, 15) is 9.90 Å². The number of allylic oxidation sites excluding steroid dienone is 2. The normalized spacial score (nSPS) is 27.9. The number of hydrogen-bond donors (Lipinski definition) is 1. The van der Waals surface area contributed by atoms with Crippen LogP contribution in [-0.2, 0) is 4.79 Å². The van der Waals surface area contributed by atoms with E-state index in [0.717, 1.165) is 32.1 Å². The van der Waals surface area contributed by atoms with Crippen LogP contribution in [0.5, 0.6) is 0 Å². The van der Waals surface area contributed by atoms with Gasteiger partial charge in [0.25, 0.3) is 0 Å². The number of hydrogen-bond acceptors (Lipinski definition) is 2. The summed E-state index contributed by atoms with van der Waals surface area (Å²) >= 11 is 0. The highest BCUT2D eigenvalue weighted by Gasteiger charge is 2.44. The number of aryl methyl sites for hydroxylation is 1. The van der Waals surface area contributed by atoms with Crippen LogP contribution in [0.1, 0.15) is 55.6 Å². The highest BCUT2D eigenvalue weighted by atomic mass is 16.3. The predicted molar refractivity (Wildman–Crippen MR) is 101 cm³/mol. The van der Waals surface area contributed by atoms with Crippen molar-refractivity contribution in [1.29, 1.82) is 0 Å². The third-order valence-electron chi connectivity index (χ3n) is 5.99. The lowest BCUT2D eigenvalue weighted by atomic mass is 9.84. The summed E-state index contributed by atoms with van der Waals surface area (Å²) in [6.45, 7) is 2.11. The molecule has 1 N–H and O–H groups in total. The van der Waals surface area contributed by atoms with Crippen LogP contribution in [-0.4, -0.2) is 36.1 Å². The first-order valence-electron chi connectivity index (χ1n) is 9.60. The molecule has 2 aliphatic carbocycles. The lowest BCUT2D eigenvalue weighted by Gasteiger charge is -2.22. The fourth-order valence-corrected chi connectivity index (χ4v) is 4.59. The molecular formula is C22H31NO2. The zero-order chi connectivity index (χ0) is 18.0. The first-order chi connectivity index (χ1) is 12.0. The molecule has 2 aliphatic rings. The van der Waals surface area contributed by atoms with E-state index in [1.165, 1.54) is 16.7 Å². The number of aliphatic hydroxyl groups is 1. The number of benzene rings is 1. The minimum absolute atomic E-state index is 0.215. The smallest absolute Gasteiger partial charge is 0.222 e. The van der Waals surface area contributed by atoms with Crippen LogP contribution in [0.2, 0.25) is 0 Å². The fourth-order valence-electron chi connectivity index (χ4n) is 4.59. The minimum Gasteiger partial charge on any atom is -0.392 e. The average Bonchev–Trinajstić information content (AvgIpc) is 3.08. The number of carbonyl (C=O) groups excluding carboxylic acids is 1. The summed E-state index contributed by atoms with van der Waals surface area (Å²) in [6, 6.07) is 8.69. The Morgan fingerprint density at radius 3 is 2.60 bits per heavy atom. The maximum atomic E-state index is 11.6. The molecule has 3 heteroatoms. The van der Waals surface area contributed by atoms with E-state index in [-0.39, 0.29) is 17.9 Å². The number of fused-ring (bicyclic) bond motifs is 1. The third kappa shape index (κ3) is 4.14. The maximum absolute atomic E-state index is 11.6. The Balaban J connectivity index is 1.54. The Hall–Kier alpha value is -1.61. The van der Waals surface area contributed by atoms with Gasteiger partial charge in [-0.2, -0.15) is 0 Å². The van der Waals surface area contributed by atoms with Gasteiger partial charge in [-0.3, -0.25) is 4.79 Å². The molecule has 1 aromatic rings. The summed E-state index contributed by atoms with van der Waals surface area (Å²) in [6.07, 6.45) is 8.02. The van der Waals surface area contributed by atoms with Crippen molar-refractivity contribution in [2.24, 2.45) is 11.8 Å². The second-order valence-electron chi connectivity index (χ2n) is 8.09. The van der Waals surface area contributed by atoms with Crippen molar-refractivity contribution in [2.45, 2.75) is 57.5 Å². The molecule has 0 unspecified atom stereocenters. The molecule has 0 heterocycles. The van der Waals surface area contributed by atoms with Gasteiger partial charge in [0.2, 0.25) is 5.91 Å². The molecule has 3 nitrogen and oxygen atoms in total. The summed E-state index contributed by atoms with van der Waals surface area (Å²) in [4.78, 5) is 13.3. The molecule has 4 atom stereocenters. The van der Waals surface area contributed by atoms with Gasteiger partial charge in [-0.15, -0.1) is 0 Å².